The van der Waals surface area contributed by atoms with Crippen LogP contribution in [-0.2, 0) is 14.8 Å². The van der Waals surface area contributed by atoms with E-state index in [-0.39, 0.29) is 17.2 Å². The van der Waals surface area contributed by atoms with Crippen molar-refractivity contribution < 1.29 is 26.8 Å². The normalized spacial score (nSPS) is 14.0. The average molecular weight is 582 g/mol. The molecule has 4 aromatic rings. The fourth-order valence-electron chi connectivity index (χ4n) is 4.95. The van der Waals surface area contributed by atoms with Gasteiger partial charge in [0.15, 0.2) is 5.82 Å². The van der Waals surface area contributed by atoms with Crippen LogP contribution < -0.4 is 9.62 Å². The molecule has 0 atom stereocenters. The Bertz CT molecular complexity index is 1730. The Morgan fingerprint density at radius 3 is 2.39 bits per heavy atom. The number of hydrogen-bond donors (Lipinski definition) is 2. The molecule has 1 aliphatic heterocycles. The van der Waals surface area contributed by atoms with Gasteiger partial charge in [0.25, 0.3) is 0 Å². The van der Waals surface area contributed by atoms with Crippen LogP contribution in [0.1, 0.15) is 36.2 Å². The standard InChI is InChI=1S/C29H29F2N5O4S/c1-3-14-41(39,40)34-25-9-8-24(30)26(27(25)31)28(38)23-17-33-29-22(23)15-20(16-32-29)19-4-6-21(7-5-19)36-12-10-35(11-13-36)18(2)37/h4-9,15-17,34H,3,10-14H2,1-2H3,(H,32,33). The van der Waals surface area contributed by atoms with Crippen LogP contribution in [-0.4, -0.2) is 66.9 Å². The number of nitrogens with zero attached hydrogens (tertiary/aromatic N) is 3. The van der Waals surface area contributed by atoms with Gasteiger partial charge in [-0.25, -0.2) is 22.2 Å². The van der Waals surface area contributed by atoms with Crippen molar-refractivity contribution in [1.82, 2.24) is 14.9 Å². The van der Waals surface area contributed by atoms with Gasteiger partial charge in [-0.2, -0.15) is 0 Å². The van der Waals surface area contributed by atoms with Crippen LogP contribution in [0.3, 0.4) is 0 Å². The highest BCUT2D eigenvalue weighted by Crippen LogP contribution is 2.30. The molecular formula is C29H29F2N5O4S. The van der Waals surface area contributed by atoms with Crippen molar-refractivity contribution in [3.63, 3.8) is 0 Å². The number of piperazine rings is 1. The fraction of sp³-hybridized carbons (Fsp3) is 0.276. The highest BCUT2D eigenvalue weighted by atomic mass is 32.2. The van der Waals surface area contributed by atoms with Gasteiger partial charge in [0.1, 0.15) is 11.5 Å². The number of benzene rings is 2. The van der Waals surface area contributed by atoms with E-state index in [2.05, 4.69) is 19.6 Å². The molecule has 2 aromatic heterocycles. The third kappa shape index (κ3) is 5.78. The molecule has 0 spiro atoms. The Morgan fingerprint density at radius 2 is 1.73 bits per heavy atom. The highest BCUT2D eigenvalue weighted by molar-refractivity contribution is 7.92. The zero-order chi connectivity index (χ0) is 29.3. The number of fused-ring (bicyclic) bond motifs is 1. The maximum Gasteiger partial charge on any atom is 0.232 e. The average Bonchev–Trinajstić information content (AvgIpc) is 3.38. The van der Waals surface area contributed by atoms with Gasteiger partial charge < -0.3 is 14.8 Å². The van der Waals surface area contributed by atoms with Gasteiger partial charge >= 0.3 is 0 Å². The summed E-state index contributed by atoms with van der Waals surface area (Å²) in [6, 6.07) is 11.3. The SMILES string of the molecule is CCCS(=O)(=O)Nc1ccc(F)c(C(=O)c2c[nH]c3ncc(-c4ccc(N5CCN(C(C)=O)CC5)cc4)cc23)c1F. The van der Waals surface area contributed by atoms with Crippen LogP contribution in [0.25, 0.3) is 22.2 Å². The first-order valence-electron chi connectivity index (χ1n) is 13.2. The number of halogens is 2. The maximum atomic E-state index is 15.3. The molecule has 2 aromatic carbocycles. The Labute approximate surface area is 236 Å². The van der Waals surface area contributed by atoms with Crippen molar-refractivity contribution in [2.45, 2.75) is 20.3 Å². The molecule has 1 fully saturated rings. The minimum absolute atomic E-state index is 0.000628. The molecule has 0 unspecified atom stereocenters. The van der Waals surface area contributed by atoms with Crippen LogP contribution in [0, 0.1) is 11.6 Å². The second-order valence-corrected chi connectivity index (χ2v) is 11.7. The summed E-state index contributed by atoms with van der Waals surface area (Å²) in [6.45, 7) is 6.02. The molecule has 1 amide bonds. The van der Waals surface area contributed by atoms with E-state index in [0.29, 0.717) is 36.1 Å². The van der Waals surface area contributed by atoms with E-state index in [1.807, 2.05) is 29.2 Å². The summed E-state index contributed by atoms with van der Waals surface area (Å²) in [5, 5.41) is 0.368. The smallest absolute Gasteiger partial charge is 0.232 e. The number of amides is 1. The monoisotopic (exact) mass is 581 g/mol. The molecule has 12 heteroatoms. The first-order chi connectivity index (χ1) is 19.6. The fourth-order valence-corrected chi connectivity index (χ4v) is 6.09. The minimum Gasteiger partial charge on any atom is -0.368 e. The quantitative estimate of drug-likeness (QED) is 0.295. The second-order valence-electron chi connectivity index (χ2n) is 9.90. The topological polar surface area (TPSA) is 115 Å². The van der Waals surface area contributed by atoms with Crippen molar-refractivity contribution in [2.24, 2.45) is 0 Å². The van der Waals surface area contributed by atoms with Crippen molar-refractivity contribution in [3.05, 3.63) is 77.6 Å². The summed E-state index contributed by atoms with van der Waals surface area (Å²) < 4.78 is 56.5. The molecular weight excluding hydrogens is 552 g/mol. The summed E-state index contributed by atoms with van der Waals surface area (Å²) in [4.78, 5) is 36.3. The van der Waals surface area contributed by atoms with Crippen LogP contribution in [0.2, 0.25) is 0 Å². The van der Waals surface area contributed by atoms with Gasteiger partial charge in [-0.1, -0.05) is 19.1 Å². The molecule has 3 heterocycles. The van der Waals surface area contributed by atoms with Crippen molar-refractivity contribution in [3.8, 4) is 11.1 Å². The summed E-state index contributed by atoms with van der Waals surface area (Å²) in [6.07, 6.45) is 3.27. The molecule has 9 nitrogen and oxygen atoms in total. The number of nitrogens with one attached hydrogen (secondary N) is 2. The molecule has 0 saturated carbocycles. The third-order valence-corrected chi connectivity index (χ3v) is 8.60. The number of hydrogen-bond acceptors (Lipinski definition) is 6. The number of aromatic nitrogens is 2. The lowest BCUT2D eigenvalue weighted by Crippen LogP contribution is -2.48. The van der Waals surface area contributed by atoms with E-state index in [1.54, 1.807) is 26.1 Å². The van der Waals surface area contributed by atoms with Crippen molar-refractivity contribution in [2.75, 3.05) is 41.6 Å². The summed E-state index contributed by atoms with van der Waals surface area (Å²) in [5.74, 6) is -3.51. The van der Waals surface area contributed by atoms with E-state index < -0.39 is 38.7 Å². The van der Waals surface area contributed by atoms with Crippen LogP contribution in [0.4, 0.5) is 20.2 Å². The first-order valence-corrected chi connectivity index (χ1v) is 14.8. The Morgan fingerprint density at radius 1 is 1.02 bits per heavy atom. The molecule has 0 radical (unpaired) electrons. The zero-order valence-corrected chi connectivity index (χ0v) is 23.4. The molecule has 41 heavy (non-hydrogen) atoms. The summed E-state index contributed by atoms with van der Waals surface area (Å²) >= 11 is 0. The maximum absolute atomic E-state index is 15.3. The predicted octanol–water partition coefficient (Wildman–Crippen LogP) is 4.56. The first kappa shape index (κ1) is 28.2. The van der Waals surface area contributed by atoms with E-state index >= 15 is 4.39 Å². The lowest BCUT2D eigenvalue weighted by Gasteiger charge is -2.35. The minimum atomic E-state index is -3.86. The molecule has 1 aliphatic rings. The molecule has 0 bridgehead atoms. The predicted molar refractivity (Wildman–Crippen MR) is 153 cm³/mol. The number of H-pyrrole nitrogens is 1. The van der Waals surface area contributed by atoms with E-state index in [1.165, 1.54) is 6.20 Å². The lowest BCUT2D eigenvalue weighted by molar-refractivity contribution is -0.129. The number of rotatable bonds is 8. The summed E-state index contributed by atoms with van der Waals surface area (Å²) in [5.41, 5.74) is 1.55. The number of carbonyl (C=O) groups is 2. The van der Waals surface area contributed by atoms with E-state index in [9.17, 15) is 22.4 Å². The molecule has 214 valence electrons. The Balaban J connectivity index is 1.42. The summed E-state index contributed by atoms with van der Waals surface area (Å²) in [7, 11) is -3.86. The number of ketones is 1. The van der Waals surface area contributed by atoms with Gasteiger partial charge in [-0.3, -0.25) is 14.3 Å². The number of aromatic amines is 1. The number of sulfonamides is 1. The molecule has 1 saturated heterocycles. The third-order valence-electron chi connectivity index (χ3n) is 7.12. The zero-order valence-electron chi connectivity index (χ0n) is 22.6. The van der Waals surface area contributed by atoms with Gasteiger partial charge in [-0.15, -0.1) is 0 Å². The van der Waals surface area contributed by atoms with Crippen LogP contribution in [0.15, 0.2) is 54.9 Å². The van der Waals surface area contributed by atoms with E-state index in [0.717, 1.165) is 36.5 Å². The van der Waals surface area contributed by atoms with Crippen LogP contribution in [0.5, 0.6) is 0 Å². The molecule has 5 rings (SSSR count). The Kier molecular flexibility index (Phi) is 7.76. The molecule has 0 aliphatic carbocycles. The highest BCUT2D eigenvalue weighted by Gasteiger charge is 2.26. The van der Waals surface area contributed by atoms with Gasteiger partial charge in [0, 0.05) is 67.7 Å². The second kappa shape index (κ2) is 11.3. The van der Waals surface area contributed by atoms with Gasteiger partial charge in [0.2, 0.25) is 21.7 Å². The molecule has 2 N–H and O–H groups in total. The number of anilines is 2. The van der Waals surface area contributed by atoms with Gasteiger partial charge in [-0.05, 0) is 42.3 Å². The van der Waals surface area contributed by atoms with Crippen molar-refractivity contribution >= 4 is 44.1 Å². The van der Waals surface area contributed by atoms with Crippen molar-refractivity contribution in [1.29, 1.82) is 0 Å². The number of carbonyl (C=O) groups excluding carboxylic acids is 2. The van der Waals surface area contributed by atoms with E-state index in [4.69, 9.17) is 0 Å². The lowest BCUT2D eigenvalue weighted by atomic mass is 9.99. The largest absolute Gasteiger partial charge is 0.368 e. The van der Waals surface area contributed by atoms with Gasteiger partial charge in [0.05, 0.1) is 17.0 Å². The Hall–Kier alpha value is -4.32. The van der Waals surface area contributed by atoms with Crippen LogP contribution >= 0.6 is 0 Å². The number of pyridine rings is 1.